The second-order valence-corrected chi connectivity index (χ2v) is 4.22. The molecular weight excluding hydrogens is 190 g/mol. The third kappa shape index (κ3) is 2.43. The van der Waals surface area contributed by atoms with Gasteiger partial charge >= 0.3 is 0 Å². The zero-order chi connectivity index (χ0) is 11.4. The minimum Gasteiger partial charge on any atom is -0.296 e. The first-order chi connectivity index (χ1) is 7.11. The molecule has 84 valence electrons. The van der Waals surface area contributed by atoms with Crippen molar-refractivity contribution in [2.45, 2.75) is 46.6 Å². The fraction of sp³-hybridized carbons (Fsp3) is 0.727. The van der Waals surface area contributed by atoms with Crippen molar-refractivity contribution in [2.75, 3.05) is 0 Å². The number of aromatic nitrogens is 3. The molecule has 0 spiro atoms. The first-order valence-electron chi connectivity index (χ1n) is 5.51. The average Bonchev–Trinajstić information content (AvgIpc) is 2.60. The standard InChI is InChI=1S/C11H19N3O/c1-5-6-11-10(7-15)12-13-14(11)9(4)8(2)3/h7-9H,5-6H2,1-4H3. The molecule has 15 heavy (non-hydrogen) atoms. The fourth-order valence-corrected chi connectivity index (χ4v) is 1.51. The first-order valence-corrected chi connectivity index (χ1v) is 5.51. The Bertz CT molecular complexity index is 331. The summed E-state index contributed by atoms with van der Waals surface area (Å²) in [5.74, 6) is 0.488. The van der Waals surface area contributed by atoms with Gasteiger partial charge in [-0.25, -0.2) is 4.68 Å². The van der Waals surface area contributed by atoms with E-state index in [1.54, 1.807) is 0 Å². The monoisotopic (exact) mass is 209 g/mol. The van der Waals surface area contributed by atoms with E-state index in [2.05, 4.69) is 38.0 Å². The van der Waals surface area contributed by atoms with E-state index in [1.807, 2.05) is 4.68 Å². The summed E-state index contributed by atoms with van der Waals surface area (Å²) >= 11 is 0. The van der Waals surface area contributed by atoms with Crippen molar-refractivity contribution < 1.29 is 4.79 Å². The SMILES string of the molecule is CCCc1c(C=O)nnn1C(C)C(C)C. The number of hydrogen-bond donors (Lipinski definition) is 0. The number of aldehydes is 1. The molecule has 0 amide bonds. The van der Waals surface area contributed by atoms with Gasteiger partial charge in [0.2, 0.25) is 0 Å². The van der Waals surface area contributed by atoms with Crippen LogP contribution in [0.5, 0.6) is 0 Å². The molecule has 0 N–H and O–H groups in total. The molecule has 0 aromatic carbocycles. The molecule has 0 aliphatic carbocycles. The van der Waals surface area contributed by atoms with Gasteiger partial charge in [0.25, 0.3) is 0 Å². The molecule has 0 bridgehead atoms. The molecule has 0 fully saturated rings. The Morgan fingerprint density at radius 2 is 2.07 bits per heavy atom. The van der Waals surface area contributed by atoms with Crippen LogP contribution in [0.2, 0.25) is 0 Å². The normalized spacial score (nSPS) is 13.1. The van der Waals surface area contributed by atoms with Crippen molar-refractivity contribution in [1.82, 2.24) is 15.0 Å². The Hall–Kier alpha value is -1.19. The highest BCUT2D eigenvalue weighted by Gasteiger charge is 2.18. The lowest BCUT2D eigenvalue weighted by atomic mass is 10.1. The average molecular weight is 209 g/mol. The molecule has 1 rings (SSSR count). The van der Waals surface area contributed by atoms with Gasteiger partial charge in [-0.15, -0.1) is 5.10 Å². The van der Waals surface area contributed by atoms with Crippen LogP contribution in [-0.2, 0) is 6.42 Å². The second kappa shape index (κ2) is 5.05. The summed E-state index contributed by atoms with van der Waals surface area (Å²) in [7, 11) is 0. The minimum absolute atomic E-state index is 0.285. The Morgan fingerprint density at radius 1 is 1.40 bits per heavy atom. The highest BCUT2D eigenvalue weighted by molar-refractivity contribution is 5.73. The minimum atomic E-state index is 0.285. The molecule has 1 aromatic rings. The van der Waals surface area contributed by atoms with Crippen molar-refractivity contribution in [3.8, 4) is 0 Å². The predicted octanol–water partition coefficient (Wildman–Crippen LogP) is 2.26. The van der Waals surface area contributed by atoms with Gasteiger partial charge in [0, 0.05) is 0 Å². The molecule has 1 aromatic heterocycles. The van der Waals surface area contributed by atoms with Gasteiger partial charge in [0.05, 0.1) is 11.7 Å². The molecule has 1 unspecified atom stereocenters. The summed E-state index contributed by atoms with van der Waals surface area (Å²) in [6.07, 6.45) is 2.65. The van der Waals surface area contributed by atoms with E-state index < -0.39 is 0 Å². The van der Waals surface area contributed by atoms with Crippen LogP contribution < -0.4 is 0 Å². The van der Waals surface area contributed by atoms with Crippen LogP contribution in [0, 0.1) is 5.92 Å². The van der Waals surface area contributed by atoms with Gasteiger partial charge in [-0.1, -0.05) is 32.4 Å². The Balaban J connectivity index is 3.06. The van der Waals surface area contributed by atoms with Gasteiger partial charge in [-0.05, 0) is 19.3 Å². The topological polar surface area (TPSA) is 47.8 Å². The summed E-state index contributed by atoms with van der Waals surface area (Å²) < 4.78 is 1.89. The highest BCUT2D eigenvalue weighted by atomic mass is 16.1. The molecule has 0 saturated heterocycles. The number of hydrogen-bond acceptors (Lipinski definition) is 3. The van der Waals surface area contributed by atoms with Gasteiger partial charge in [0.15, 0.2) is 6.29 Å². The lowest BCUT2D eigenvalue weighted by Gasteiger charge is -2.17. The number of rotatable bonds is 5. The van der Waals surface area contributed by atoms with E-state index in [0.717, 1.165) is 24.8 Å². The van der Waals surface area contributed by atoms with Crippen molar-refractivity contribution >= 4 is 6.29 Å². The maximum atomic E-state index is 10.8. The Morgan fingerprint density at radius 3 is 2.53 bits per heavy atom. The predicted molar refractivity (Wildman–Crippen MR) is 59.0 cm³/mol. The molecule has 0 aliphatic rings. The molecule has 0 saturated carbocycles. The van der Waals surface area contributed by atoms with Gasteiger partial charge in [-0.3, -0.25) is 4.79 Å². The summed E-state index contributed by atoms with van der Waals surface area (Å²) in [6, 6.07) is 0.285. The lowest BCUT2D eigenvalue weighted by Crippen LogP contribution is -2.16. The van der Waals surface area contributed by atoms with Crippen LogP contribution in [0.25, 0.3) is 0 Å². The van der Waals surface area contributed by atoms with Gasteiger partial charge < -0.3 is 0 Å². The zero-order valence-electron chi connectivity index (χ0n) is 9.90. The summed E-state index contributed by atoms with van der Waals surface area (Å²) in [4.78, 5) is 10.8. The molecule has 1 heterocycles. The first kappa shape index (κ1) is 11.9. The highest BCUT2D eigenvalue weighted by Crippen LogP contribution is 2.19. The van der Waals surface area contributed by atoms with Crippen LogP contribution in [0.15, 0.2) is 0 Å². The third-order valence-corrected chi connectivity index (χ3v) is 2.77. The number of nitrogens with zero attached hydrogens (tertiary/aromatic N) is 3. The lowest BCUT2D eigenvalue weighted by molar-refractivity contribution is 0.111. The number of carbonyl (C=O) groups excluding carboxylic acids is 1. The molecule has 0 radical (unpaired) electrons. The van der Waals surface area contributed by atoms with Crippen molar-refractivity contribution in [2.24, 2.45) is 5.92 Å². The maximum absolute atomic E-state index is 10.8. The second-order valence-electron chi connectivity index (χ2n) is 4.22. The quantitative estimate of drug-likeness (QED) is 0.699. The van der Waals surface area contributed by atoms with E-state index >= 15 is 0 Å². The summed E-state index contributed by atoms with van der Waals surface area (Å²) in [5, 5.41) is 7.96. The zero-order valence-corrected chi connectivity index (χ0v) is 9.90. The molecule has 4 nitrogen and oxygen atoms in total. The molecular formula is C11H19N3O. The van der Waals surface area contributed by atoms with Crippen LogP contribution in [0.4, 0.5) is 0 Å². The summed E-state index contributed by atoms with van der Waals surface area (Å²) in [5.41, 5.74) is 1.46. The molecule has 1 atom stereocenters. The van der Waals surface area contributed by atoms with Crippen LogP contribution in [0.3, 0.4) is 0 Å². The van der Waals surface area contributed by atoms with E-state index in [1.165, 1.54) is 0 Å². The van der Waals surface area contributed by atoms with Crippen molar-refractivity contribution in [3.05, 3.63) is 11.4 Å². The van der Waals surface area contributed by atoms with E-state index in [4.69, 9.17) is 0 Å². The number of carbonyl (C=O) groups is 1. The van der Waals surface area contributed by atoms with Gasteiger partial charge in [0.1, 0.15) is 5.69 Å². The smallest absolute Gasteiger partial charge is 0.172 e. The van der Waals surface area contributed by atoms with Crippen molar-refractivity contribution in [3.63, 3.8) is 0 Å². The largest absolute Gasteiger partial charge is 0.296 e. The summed E-state index contributed by atoms with van der Waals surface area (Å²) in [6.45, 7) is 8.48. The Kier molecular flexibility index (Phi) is 4.00. The van der Waals surface area contributed by atoms with E-state index in [-0.39, 0.29) is 6.04 Å². The van der Waals surface area contributed by atoms with E-state index in [9.17, 15) is 4.79 Å². The third-order valence-electron chi connectivity index (χ3n) is 2.77. The van der Waals surface area contributed by atoms with Gasteiger partial charge in [-0.2, -0.15) is 0 Å². The fourth-order valence-electron chi connectivity index (χ4n) is 1.51. The van der Waals surface area contributed by atoms with Crippen LogP contribution in [0.1, 0.15) is 56.3 Å². The molecule has 0 aliphatic heterocycles. The maximum Gasteiger partial charge on any atom is 0.172 e. The Labute approximate surface area is 90.7 Å². The van der Waals surface area contributed by atoms with E-state index in [0.29, 0.717) is 11.6 Å². The molecule has 4 heteroatoms. The van der Waals surface area contributed by atoms with Crippen molar-refractivity contribution in [1.29, 1.82) is 0 Å². The van der Waals surface area contributed by atoms with Crippen LogP contribution in [-0.4, -0.2) is 21.3 Å². The van der Waals surface area contributed by atoms with Crippen LogP contribution >= 0.6 is 0 Å².